The first-order chi connectivity index (χ1) is 9.16. The van der Waals surface area contributed by atoms with Crippen LogP contribution >= 0.6 is 67.8 Å². The van der Waals surface area contributed by atoms with E-state index in [9.17, 15) is 19.5 Å². The number of rotatable bonds is 5. The molecule has 108 valence electrons. The monoisotopic (exact) mass is 612 g/mol. The van der Waals surface area contributed by atoms with Crippen molar-refractivity contribution in [1.29, 1.82) is 0 Å². The van der Waals surface area contributed by atoms with Crippen LogP contribution in [-0.2, 0) is 22.4 Å². The Morgan fingerprint density at radius 2 is 1.20 bits per heavy atom. The van der Waals surface area contributed by atoms with Crippen molar-refractivity contribution in [3.05, 3.63) is 27.4 Å². The summed E-state index contributed by atoms with van der Waals surface area (Å²) in [4.78, 5) is 34.2. The van der Waals surface area contributed by atoms with Crippen molar-refractivity contribution in [2.45, 2.75) is 26.7 Å². The highest BCUT2D eigenvalue weighted by Gasteiger charge is 2.24. The summed E-state index contributed by atoms with van der Waals surface area (Å²) in [5, 5.41) is 9.37. The Labute approximate surface area is 157 Å². The Kier molecular flexibility index (Phi) is 6.83. The van der Waals surface area contributed by atoms with Gasteiger partial charge in [-0.2, -0.15) is 0 Å². The minimum atomic E-state index is -1.04. The maximum absolute atomic E-state index is 11.4. The molecule has 7 heteroatoms. The van der Waals surface area contributed by atoms with Crippen LogP contribution in [0.4, 0.5) is 0 Å². The summed E-state index contributed by atoms with van der Waals surface area (Å²) in [5.74, 6) is -1.11. The standard InChI is InChI=1S/C13H11I3O4/c1-5(17)3-7-10(14)8(4-6(2)18)12(16)9(11(7)15)13(19)20/h3-4H2,1-2H3,(H,19,20). The molecule has 1 N–H and O–H groups in total. The van der Waals surface area contributed by atoms with Gasteiger partial charge in [-0.25, -0.2) is 4.79 Å². The third-order valence-corrected chi connectivity index (χ3v) is 6.25. The second-order valence-corrected chi connectivity index (χ2v) is 7.57. The fraction of sp³-hybridized carbons (Fsp3) is 0.308. The van der Waals surface area contributed by atoms with Crippen molar-refractivity contribution in [2.75, 3.05) is 0 Å². The van der Waals surface area contributed by atoms with E-state index in [1.54, 1.807) is 0 Å². The van der Waals surface area contributed by atoms with Gasteiger partial charge in [0.15, 0.2) is 0 Å². The predicted octanol–water partition coefficient (Wildman–Crippen LogP) is 3.46. The van der Waals surface area contributed by atoms with Crippen molar-refractivity contribution in [1.82, 2.24) is 0 Å². The molecule has 4 nitrogen and oxygen atoms in total. The van der Waals surface area contributed by atoms with Gasteiger partial charge in [0, 0.05) is 23.6 Å². The fourth-order valence-electron chi connectivity index (χ4n) is 1.77. The smallest absolute Gasteiger partial charge is 0.337 e. The summed E-state index contributed by atoms with van der Waals surface area (Å²) in [5.41, 5.74) is 1.58. The van der Waals surface area contributed by atoms with Gasteiger partial charge in [-0.3, -0.25) is 9.59 Å². The van der Waals surface area contributed by atoms with Gasteiger partial charge in [0.2, 0.25) is 0 Å². The average Bonchev–Trinajstić information content (AvgIpc) is 2.29. The van der Waals surface area contributed by atoms with Gasteiger partial charge in [0.05, 0.1) is 5.56 Å². The Morgan fingerprint density at radius 1 is 0.850 bits per heavy atom. The van der Waals surface area contributed by atoms with Crippen molar-refractivity contribution in [2.24, 2.45) is 0 Å². The third-order valence-electron chi connectivity index (χ3n) is 2.56. The van der Waals surface area contributed by atoms with E-state index in [4.69, 9.17) is 0 Å². The number of benzene rings is 1. The molecular formula is C13H11I3O4. The third kappa shape index (κ3) is 4.12. The first kappa shape index (κ1) is 18.3. The van der Waals surface area contributed by atoms with Crippen molar-refractivity contribution >= 4 is 85.3 Å². The number of ketones is 2. The molecule has 0 saturated heterocycles. The Hall–Kier alpha value is 0.220. The molecule has 0 fully saturated rings. The molecule has 0 bridgehead atoms. The topological polar surface area (TPSA) is 71.4 Å². The predicted molar refractivity (Wildman–Crippen MR) is 100 cm³/mol. The molecule has 0 aliphatic carbocycles. The second-order valence-electron chi connectivity index (χ2n) is 4.34. The van der Waals surface area contributed by atoms with Crippen molar-refractivity contribution in [3.8, 4) is 0 Å². The molecule has 1 aromatic rings. The van der Waals surface area contributed by atoms with Crippen LogP contribution in [0, 0.1) is 10.7 Å². The van der Waals surface area contributed by atoms with E-state index in [0.29, 0.717) is 18.3 Å². The van der Waals surface area contributed by atoms with Gasteiger partial charge in [-0.05, 0) is 92.7 Å². The number of carboxylic acids is 1. The lowest BCUT2D eigenvalue weighted by atomic mass is 9.99. The molecule has 20 heavy (non-hydrogen) atoms. The minimum absolute atomic E-state index is 0.0350. The summed E-state index contributed by atoms with van der Waals surface area (Å²) in [7, 11) is 0. The second kappa shape index (κ2) is 7.47. The molecular weight excluding hydrogens is 601 g/mol. The number of hydrogen-bond donors (Lipinski definition) is 1. The SMILES string of the molecule is CC(=O)Cc1c(I)c(CC(C)=O)c(I)c(C(=O)O)c1I. The molecule has 0 amide bonds. The summed E-state index contributed by atoms with van der Waals surface area (Å²) in [6.45, 7) is 2.93. The van der Waals surface area contributed by atoms with Crippen LogP contribution in [0.15, 0.2) is 0 Å². The summed E-state index contributed by atoms with van der Waals surface area (Å²) in [6.07, 6.45) is 0.358. The van der Waals surface area contributed by atoms with Crippen LogP contribution in [0.5, 0.6) is 0 Å². The number of carbonyl (C=O) groups is 3. The maximum atomic E-state index is 11.4. The normalized spacial score (nSPS) is 10.4. The van der Waals surface area contributed by atoms with Gasteiger partial charge in [0.25, 0.3) is 0 Å². The van der Waals surface area contributed by atoms with Crippen LogP contribution in [0.25, 0.3) is 0 Å². The molecule has 0 unspecified atom stereocenters. The highest BCUT2D eigenvalue weighted by atomic mass is 127. The van der Waals surface area contributed by atoms with E-state index in [2.05, 4.69) is 22.6 Å². The van der Waals surface area contributed by atoms with Gasteiger partial charge in [0.1, 0.15) is 11.6 Å². The molecule has 0 aliphatic rings. The summed E-state index contributed by atoms with van der Waals surface area (Å²) >= 11 is 6.02. The Morgan fingerprint density at radius 3 is 1.45 bits per heavy atom. The quantitative estimate of drug-likeness (QED) is 0.518. The largest absolute Gasteiger partial charge is 0.478 e. The summed E-state index contributed by atoms with van der Waals surface area (Å²) in [6, 6.07) is 0. The molecule has 0 spiro atoms. The van der Waals surface area contributed by atoms with E-state index in [0.717, 1.165) is 3.57 Å². The lowest BCUT2D eigenvalue weighted by Gasteiger charge is -2.16. The van der Waals surface area contributed by atoms with E-state index in [1.165, 1.54) is 13.8 Å². The van der Waals surface area contributed by atoms with Crippen LogP contribution in [0.1, 0.15) is 35.3 Å². The highest BCUT2D eigenvalue weighted by molar-refractivity contribution is 14.1. The lowest BCUT2D eigenvalue weighted by Crippen LogP contribution is -2.15. The first-order valence-electron chi connectivity index (χ1n) is 5.57. The van der Waals surface area contributed by atoms with Crippen LogP contribution in [0.2, 0.25) is 0 Å². The highest BCUT2D eigenvalue weighted by Crippen LogP contribution is 2.33. The van der Waals surface area contributed by atoms with Crippen LogP contribution < -0.4 is 0 Å². The van der Waals surface area contributed by atoms with Gasteiger partial charge in [-0.1, -0.05) is 0 Å². The molecule has 0 radical (unpaired) electrons. The fourth-order valence-corrected chi connectivity index (χ4v) is 6.16. The minimum Gasteiger partial charge on any atom is -0.478 e. The number of carbonyl (C=O) groups excluding carboxylic acids is 2. The zero-order chi connectivity index (χ0) is 15.6. The van der Waals surface area contributed by atoms with Crippen LogP contribution in [0.3, 0.4) is 0 Å². The lowest BCUT2D eigenvalue weighted by molar-refractivity contribution is -0.117. The van der Waals surface area contributed by atoms with Crippen molar-refractivity contribution in [3.63, 3.8) is 0 Å². The molecule has 0 aromatic heterocycles. The van der Waals surface area contributed by atoms with E-state index >= 15 is 0 Å². The average molecular weight is 612 g/mol. The first-order valence-corrected chi connectivity index (χ1v) is 8.80. The van der Waals surface area contributed by atoms with Gasteiger partial charge < -0.3 is 5.11 Å². The molecule has 1 rings (SSSR count). The Bertz CT molecular complexity index is 565. The van der Waals surface area contributed by atoms with Crippen LogP contribution in [-0.4, -0.2) is 22.6 Å². The van der Waals surface area contributed by atoms with Gasteiger partial charge in [-0.15, -0.1) is 0 Å². The maximum Gasteiger partial charge on any atom is 0.337 e. The number of Topliss-reactive ketones (excluding diaryl/α,β-unsaturated/α-hetero) is 2. The number of aromatic carboxylic acids is 1. The Balaban J connectivity index is 3.68. The molecule has 1 aromatic carbocycles. The number of hydrogen-bond acceptors (Lipinski definition) is 3. The van der Waals surface area contributed by atoms with Crippen molar-refractivity contribution < 1.29 is 19.5 Å². The zero-order valence-electron chi connectivity index (χ0n) is 10.7. The molecule has 0 heterocycles. The van der Waals surface area contributed by atoms with E-state index in [1.807, 2.05) is 45.2 Å². The van der Waals surface area contributed by atoms with E-state index < -0.39 is 5.97 Å². The summed E-state index contributed by atoms with van der Waals surface area (Å²) < 4.78 is 1.96. The van der Waals surface area contributed by atoms with E-state index in [-0.39, 0.29) is 30.0 Å². The molecule has 0 atom stereocenters. The zero-order valence-corrected chi connectivity index (χ0v) is 17.2. The number of carboxylic acid groups (broad SMARTS) is 1. The number of halogens is 3. The molecule has 0 aliphatic heterocycles. The van der Waals surface area contributed by atoms with Gasteiger partial charge >= 0.3 is 5.97 Å². The molecule has 0 saturated carbocycles.